The van der Waals surface area contributed by atoms with Crippen LogP contribution in [0.3, 0.4) is 0 Å². The van der Waals surface area contributed by atoms with Gasteiger partial charge in [0.25, 0.3) is 13.4 Å². The van der Waals surface area contributed by atoms with Gasteiger partial charge in [0.15, 0.2) is 0 Å². The number of phenolic OH excluding ortho intramolecular Hbond substituents is 2. The van der Waals surface area contributed by atoms with Gasteiger partial charge in [-0.3, -0.25) is 0 Å². The third kappa shape index (κ3) is 10.8. The van der Waals surface area contributed by atoms with E-state index in [0.717, 1.165) is 97.6 Å². The molecule has 10 aromatic carbocycles. The van der Waals surface area contributed by atoms with Crippen molar-refractivity contribution in [2.24, 2.45) is 0 Å². The second kappa shape index (κ2) is 22.5. The first kappa shape index (κ1) is 69.3. The summed E-state index contributed by atoms with van der Waals surface area (Å²) in [5.41, 5.74) is 31.8. The second-order valence-electron chi connectivity index (χ2n) is 39.4. The second-order valence-corrected chi connectivity index (χ2v) is 39.4. The first-order valence-corrected chi connectivity index (χ1v) is 38.2. The molecule has 0 radical (unpaired) electrons. The average Bonchev–Trinajstić information content (AvgIpc) is 0.685. The highest BCUT2D eigenvalue weighted by Crippen LogP contribution is 2.56. The van der Waals surface area contributed by atoms with E-state index in [4.69, 9.17) is 4.74 Å². The van der Waals surface area contributed by atoms with Gasteiger partial charge in [0, 0.05) is 97.9 Å². The van der Waals surface area contributed by atoms with E-state index in [1.165, 1.54) is 83.4 Å². The maximum absolute atomic E-state index is 12.3. The van der Waals surface area contributed by atoms with Crippen molar-refractivity contribution in [3.05, 3.63) is 225 Å². The topological polar surface area (TPSA) is 62.7 Å². The summed E-state index contributed by atoms with van der Waals surface area (Å²) in [6.45, 7) is 55.7. The lowest BCUT2D eigenvalue weighted by atomic mass is 9.28. The van der Waals surface area contributed by atoms with Crippen molar-refractivity contribution in [3.8, 4) is 23.0 Å². The molecular formula is C95H106B2N4O3. The molecule has 9 heteroatoms. The number of hydrogen-bond donors (Lipinski definition) is 2. The zero-order valence-electron chi connectivity index (χ0n) is 66.3. The Balaban J connectivity index is 0.753. The number of hydrogen-bond acceptors (Lipinski definition) is 7. The number of benzene rings is 10. The number of anilines is 12. The highest BCUT2D eigenvalue weighted by molar-refractivity contribution is 7.02. The minimum Gasteiger partial charge on any atom is -0.508 e. The normalized spacial score (nSPS) is 15.5. The fourth-order valence-corrected chi connectivity index (χ4v) is 17.9. The Bertz CT molecular complexity index is 5230. The number of phenols is 2. The van der Waals surface area contributed by atoms with Gasteiger partial charge in [0.05, 0.1) is 0 Å². The third-order valence-electron chi connectivity index (χ3n) is 24.7. The van der Waals surface area contributed by atoms with Crippen molar-refractivity contribution >= 4 is 114 Å². The van der Waals surface area contributed by atoms with E-state index in [1.54, 1.807) is 0 Å². The van der Waals surface area contributed by atoms with Crippen LogP contribution < -0.4 is 57.1 Å². The Hall–Kier alpha value is -9.07. The smallest absolute Gasteiger partial charge is 0.261 e. The van der Waals surface area contributed by atoms with Crippen molar-refractivity contribution in [2.45, 2.75) is 228 Å². The van der Waals surface area contributed by atoms with Gasteiger partial charge in [-0.1, -0.05) is 227 Å². The Kier molecular flexibility index (Phi) is 15.0. The van der Waals surface area contributed by atoms with Crippen LogP contribution >= 0.6 is 0 Å². The third-order valence-corrected chi connectivity index (χ3v) is 24.7. The van der Waals surface area contributed by atoms with Crippen LogP contribution in [0, 0.1) is 0 Å². The number of rotatable bonds is 9. The molecule has 530 valence electrons. The van der Waals surface area contributed by atoms with Gasteiger partial charge in [-0.05, 0) is 230 Å². The summed E-state index contributed by atoms with van der Waals surface area (Å²) >= 11 is 0. The number of ether oxygens (including phenoxy) is 1. The lowest BCUT2D eigenvalue weighted by Gasteiger charge is -2.51. The lowest BCUT2D eigenvalue weighted by molar-refractivity contribution is 0.375. The van der Waals surface area contributed by atoms with E-state index >= 15 is 0 Å². The van der Waals surface area contributed by atoms with Crippen LogP contribution in [-0.4, -0.2) is 23.6 Å². The molecular weight excluding hydrogens is 1270 g/mol. The Labute approximate surface area is 621 Å². The molecule has 0 bridgehead atoms. The fourth-order valence-electron chi connectivity index (χ4n) is 17.9. The van der Waals surface area contributed by atoms with E-state index in [0.29, 0.717) is 0 Å². The van der Waals surface area contributed by atoms with Crippen LogP contribution in [0.2, 0.25) is 0 Å². The minimum atomic E-state index is -0.338. The summed E-state index contributed by atoms with van der Waals surface area (Å²) in [6, 6.07) is 64.4. The Morgan fingerprint density at radius 1 is 0.279 bits per heavy atom. The van der Waals surface area contributed by atoms with Gasteiger partial charge < -0.3 is 34.5 Å². The molecule has 6 aliphatic rings. The van der Waals surface area contributed by atoms with Crippen molar-refractivity contribution in [1.29, 1.82) is 0 Å². The fraction of sp³-hybridized carbons (Fsp3) is 0.368. The zero-order chi connectivity index (χ0) is 74.4. The summed E-state index contributed by atoms with van der Waals surface area (Å²) < 4.78 is 7.36. The molecule has 0 aromatic heterocycles. The molecule has 0 unspecified atom stereocenters. The maximum atomic E-state index is 12.3. The van der Waals surface area contributed by atoms with E-state index in [-0.39, 0.29) is 73.7 Å². The number of aromatic hydroxyl groups is 2. The summed E-state index contributed by atoms with van der Waals surface area (Å²) in [5, 5.41) is 24.6. The monoisotopic (exact) mass is 1370 g/mol. The molecule has 0 amide bonds. The van der Waals surface area contributed by atoms with Gasteiger partial charge in [0.1, 0.15) is 23.0 Å². The van der Waals surface area contributed by atoms with Crippen LogP contribution in [0.15, 0.2) is 170 Å². The van der Waals surface area contributed by atoms with E-state index in [2.05, 4.69) is 331 Å². The molecule has 0 fully saturated rings. The molecule has 0 saturated carbocycles. The molecule has 0 saturated heterocycles. The van der Waals surface area contributed by atoms with Crippen LogP contribution in [-0.2, 0) is 48.7 Å². The Morgan fingerprint density at radius 2 is 0.510 bits per heavy atom. The summed E-state index contributed by atoms with van der Waals surface area (Å²) in [6.07, 6.45) is 1.91. The molecule has 6 heterocycles. The predicted molar refractivity (Wildman–Crippen MR) is 444 cm³/mol. The minimum absolute atomic E-state index is 0.00777. The molecule has 10 aromatic rings. The van der Waals surface area contributed by atoms with Gasteiger partial charge >= 0.3 is 0 Å². The van der Waals surface area contributed by atoms with Crippen molar-refractivity contribution in [3.63, 3.8) is 0 Å². The van der Waals surface area contributed by atoms with Crippen LogP contribution in [0.25, 0.3) is 0 Å². The SMILES string of the molecule is CC(C)(C)c1ccc(N2c3cc(C(C)(C)C)cc4c3B3c5c(cc(C(C)(C)C)cc5N(c5ccc(C(C)(C)CCC(C)(C)c6ccc(N7c8cc(O)cc9c8B8c%10c(cc(C(C)(C)C)cc%10C(C)(C)c%10cc(C(C)(C)C)cc7c%108)N9c7ccc(C(C)(C)C)cc7)cc6)cc5)c5cc(O)cc2c53)O4)cc1. The maximum Gasteiger partial charge on any atom is 0.261 e. The molecule has 2 N–H and O–H groups in total. The predicted octanol–water partition coefficient (Wildman–Crippen LogP) is 21.8. The van der Waals surface area contributed by atoms with Gasteiger partial charge in [0.2, 0.25) is 0 Å². The molecule has 0 aliphatic carbocycles. The number of nitrogens with zero attached hydrogens (tertiary/aromatic N) is 4. The molecule has 16 rings (SSSR count). The Morgan fingerprint density at radius 3 is 0.779 bits per heavy atom. The summed E-state index contributed by atoms with van der Waals surface area (Å²) in [4.78, 5) is 9.75. The molecule has 104 heavy (non-hydrogen) atoms. The highest BCUT2D eigenvalue weighted by Gasteiger charge is 2.54. The zero-order valence-corrected chi connectivity index (χ0v) is 66.3. The van der Waals surface area contributed by atoms with Gasteiger partial charge in [-0.25, -0.2) is 0 Å². The molecule has 0 spiro atoms. The lowest BCUT2D eigenvalue weighted by Crippen LogP contribution is -2.67. The molecule has 0 atom stereocenters. The average molecular weight is 1370 g/mol. The van der Waals surface area contributed by atoms with Crippen molar-refractivity contribution < 1.29 is 14.9 Å². The molecule has 6 aliphatic heterocycles. The standard InChI is InChI=1S/C95H106B2N4O3/c1-87(2,3)55-25-33-63(34-26-55)98-71-45-59(89(7,8)9)43-69-81(71)96-82-70(95(69,23)24)44-60(90(10,11)12)46-72(82)99(76-52-67(102)51-75(98)83(76)96)65-37-29-57(30-38-65)93(19,20)41-42-94(21,22)58-31-39-66(40-32-58)101-74-48-62(92(16,17)18)50-80-86(74)97-84-77(53-68(103)54-78(84)101)100(64-35-27-56(28-36-64)88(4,5)6)73-47-61(91(13,14)15)49-79(104-80)85(73)97/h25-40,43-54,102-103H,41-42H2,1-24H3. The van der Waals surface area contributed by atoms with E-state index in [9.17, 15) is 10.2 Å². The van der Waals surface area contributed by atoms with Crippen LogP contribution in [0.4, 0.5) is 68.2 Å². The van der Waals surface area contributed by atoms with Crippen molar-refractivity contribution in [1.82, 2.24) is 0 Å². The first-order chi connectivity index (χ1) is 48.4. The van der Waals surface area contributed by atoms with Crippen molar-refractivity contribution in [2.75, 3.05) is 19.6 Å². The van der Waals surface area contributed by atoms with Gasteiger partial charge in [-0.15, -0.1) is 0 Å². The quantitative estimate of drug-likeness (QED) is 0.140. The van der Waals surface area contributed by atoms with E-state index < -0.39 is 0 Å². The largest absolute Gasteiger partial charge is 0.508 e. The molecule has 7 nitrogen and oxygen atoms in total. The van der Waals surface area contributed by atoms with E-state index in [1.807, 2.05) is 24.3 Å². The van der Waals surface area contributed by atoms with Crippen LogP contribution in [0.5, 0.6) is 23.0 Å². The van der Waals surface area contributed by atoms with Crippen LogP contribution in [0.1, 0.15) is 235 Å². The first-order valence-electron chi connectivity index (χ1n) is 38.2. The van der Waals surface area contributed by atoms with Gasteiger partial charge in [-0.2, -0.15) is 0 Å². The summed E-state index contributed by atoms with van der Waals surface area (Å²) in [7, 11) is 0. The summed E-state index contributed by atoms with van der Waals surface area (Å²) in [5.74, 6) is 2.25. The highest BCUT2D eigenvalue weighted by atomic mass is 16.5.